The van der Waals surface area contributed by atoms with E-state index >= 15 is 0 Å². The maximum atomic E-state index is 5.78. The average Bonchev–Trinajstić information content (AvgIpc) is 2.17. The largest absolute Gasteiger partial charge is 0.465 e. The van der Waals surface area contributed by atoms with Gasteiger partial charge in [0.1, 0.15) is 8.31 Å². The van der Waals surface area contributed by atoms with Crippen LogP contribution in [-0.2, 0) is 13.3 Å². The predicted molar refractivity (Wildman–Crippen MR) is 63.8 cm³/mol. The third-order valence-electron chi connectivity index (χ3n) is 2.07. The first-order valence-electron chi connectivity index (χ1n) is 5.37. The second-order valence-corrected chi connectivity index (χ2v) is 12.6. The van der Waals surface area contributed by atoms with Crippen molar-refractivity contribution in [1.82, 2.24) is 0 Å². The number of hydrogen-bond donors (Lipinski definition) is 0. The normalized spacial score (nSPS) is 14.4. The molecule has 14 heavy (non-hydrogen) atoms. The highest BCUT2D eigenvalue weighted by Crippen LogP contribution is 2.16. The molecule has 3 nitrogen and oxygen atoms in total. The summed E-state index contributed by atoms with van der Waals surface area (Å²) >= 11 is 0. The molecule has 0 spiro atoms. The summed E-state index contributed by atoms with van der Waals surface area (Å²) in [6.07, 6.45) is 0. The fraction of sp³-hybridized carbons (Fsp3) is 0.889. The van der Waals surface area contributed by atoms with Gasteiger partial charge in [-0.05, 0) is 20.8 Å². The molecule has 0 aromatic heterocycles. The lowest BCUT2D eigenvalue weighted by Gasteiger charge is -2.32. The van der Waals surface area contributed by atoms with Gasteiger partial charge < -0.3 is 13.3 Å². The molecule has 85 valence electrons. The van der Waals surface area contributed by atoms with E-state index in [2.05, 4.69) is 13.5 Å². The lowest BCUT2D eigenvalue weighted by Crippen LogP contribution is -2.58. The van der Waals surface area contributed by atoms with Gasteiger partial charge in [0.15, 0.2) is 0 Å². The molecule has 0 heterocycles. The molecule has 0 aliphatic carbocycles. The fourth-order valence-electron chi connectivity index (χ4n) is 1.33. The van der Waals surface area contributed by atoms with Gasteiger partial charge in [-0.25, -0.2) is 0 Å². The Kier molecular flexibility index (Phi) is 7.76. The summed E-state index contributed by atoms with van der Waals surface area (Å²) in [4.78, 5) is 0. The van der Waals surface area contributed by atoms with Crippen LogP contribution >= 0.6 is 0 Å². The van der Waals surface area contributed by atoms with Crippen LogP contribution in [0, 0.1) is 6.92 Å². The molecule has 0 amide bonds. The Hall–Kier alpha value is 0.314. The van der Waals surface area contributed by atoms with Crippen molar-refractivity contribution in [2.24, 2.45) is 0 Å². The topological polar surface area (TPSA) is 27.7 Å². The third kappa shape index (κ3) is 3.82. The monoisotopic (exact) mass is 235 g/mol. The summed E-state index contributed by atoms with van der Waals surface area (Å²) in [5.41, 5.74) is 0. The van der Waals surface area contributed by atoms with Crippen LogP contribution in [0.3, 0.4) is 0 Å². The Bertz CT molecular complexity index is 127. The molecular weight excluding hydrogens is 212 g/mol. The zero-order valence-corrected chi connectivity index (χ0v) is 12.0. The molecule has 1 radical (unpaired) electrons. The first-order chi connectivity index (χ1) is 6.66. The summed E-state index contributed by atoms with van der Waals surface area (Å²) in [7, 11) is -3.45. The SMILES string of the molecule is [CH2]C[SiH](C)[Si](OCC)(OCC)OCC. The minimum Gasteiger partial charge on any atom is -0.377 e. The summed E-state index contributed by atoms with van der Waals surface area (Å²) in [6, 6.07) is 0.923. The molecule has 0 bridgehead atoms. The summed E-state index contributed by atoms with van der Waals surface area (Å²) < 4.78 is 17.3. The molecule has 0 fully saturated rings. The summed E-state index contributed by atoms with van der Waals surface area (Å²) in [6.45, 7) is 14.2. The first kappa shape index (κ1) is 14.3. The van der Waals surface area contributed by atoms with Gasteiger partial charge in [-0.2, -0.15) is 0 Å². The third-order valence-corrected chi connectivity index (χ3v) is 12.2. The molecule has 0 saturated carbocycles. The van der Waals surface area contributed by atoms with Crippen molar-refractivity contribution in [3.05, 3.63) is 6.92 Å². The van der Waals surface area contributed by atoms with Crippen LogP contribution in [0.15, 0.2) is 0 Å². The molecule has 1 unspecified atom stereocenters. The van der Waals surface area contributed by atoms with Gasteiger partial charge in [-0.15, -0.1) is 0 Å². The Morgan fingerprint density at radius 1 is 1.00 bits per heavy atom. The zero-order chi connectivity index (χ0) is 11.0. The molecule has 0 rings (SSSR count). The molecular formula is C9H23O3Si2. The minimum absolute atomic E-state index is 0.670. The molecule has 1 atom stereocenters. The van der Waals surface area contributed by atoms with Crippen molar-refractivity contribution in [1.29, 1.82) is 0 Å². The van der Waals surface area contributed by atoms with Crippen LogP contribution in [0.4, 0.5) is 0 Å². The maximum absolute atomic E-state index is 5.78. The fourth-order valence-corrected chi connectivity index (χ4v) is 9.12. The van der Waals surface area contributed by atoms with Crippen LogP contribution in [0.5, 0.6) is 0 Å². The number of hydrogen-bond acceptors (Lipinski definition) is 3. The van der Waals surface area contributed by atoms with Crippen LogP contribution in [-0.4, -0.2) is 36.5 Å². The van der Waals surface area contributed by atoms with E-state index in [0.717, 1.165) is 6.04 Å². The van der Waals surface area contributed by atoms with E-state index in [1.165, 1.54) is 0 Å². The van der Waals surface area contributed by atoms with Gasteiger partial charge in [-0.1, -0.05) is 19.5 Å². The van der Waals surface area contributed by atoms with Gasteiger partial charge in [-0.3, -0.25) is 0 Å². The van der Waals surface area contributed by atoms with E-state index in [1.807, 2.05) is 20.8 Å². The van der Waals surface area contributed by atoms with E-state index < -0.39 is 16.6 Å². The first-order valence-corrected chi connectivity index (χ1v) is 10.9. The second kappa shape index (κ2) is 7.59. The van der Waals surface area contributed by atoms with Gasteiger partial charge >= 0.3 is 8.32 Å². The van der Waals surface area contributed by atoms with Gasteiger partial charge in [0.05, 0.1) is 0 Å². The highest BCUT2D eigenvalue weighted by Gasteiger charge is 2.45. The van der Waals surface area contributed by atoms with E-state index in [4.69, 9.17) is 13.3 Å². The van der Waals surface area contributed by atoms with Gasteiger partial charge in [0.25, 0.3) is 0 Å². The molecule has 0 aliphatic rings. The van der Waals surface area contributed by atoms with Gasteiger partial charge in [0, 0.05) is 19.8 Å². The highest BCUT2D eigenvalue weighted by atomic mass is 29.3. The zero-order valence-electron chi connectivity index (χ0n) is 9.84. The molecule has 0 aromatic rings. The number of rotatable bonds is 8. The lowest BCUT2D eigenvalue weighted by atomic mass is 10.9. The van der Waals surface area contributed by atoms with Crippen LogP contribution in [0.2, 0.25) is 12.6 Å². The Morgan fingerprint density at radius 2 is 1.36 bits per heavy atom. The highest BCUT2D eigenvalue weighted by molar-refractivity contribution is 7.24. The van der Waals surface area contributed by atoms with E-state index in [9.17, 15) is 0 Å². The van der Waals surface area contributed by atoms with Crippen LogP contribution < -0.4 is 0 Å². The smallest absolute Gasteiger partial charge is 0.377 e. The Morgan fingerprint density at radius 3 is 1.57 bits per heavy atom. The molecule has 0 saturated heterocycles. The second-order valence-electron chi connectivity index (χ2n) is 3.09. The van der Waals surface area contributed by atoms with Crippen LogP contribution in [0.1, 0.15) is 20.8 Å². The van der Waals surface area contributed by atoms with Crippen molar-refractivity contribution in [2.45, 2.75) is 33.4 Å². The lowest BCUT2D eigenvalue weighted by molar-refractivity contribution is 0.0918. The Labute approximate surface area is 90.5 Å². The van der Waals surface area contributed by atoms with Crippen molar-refractivity contribution in [2.75, 3.05) is 19.8 Å². The minimum atomic E-state index is -2.32. The predicted octanol–water partition coefficient (Wildman–Crippen LogP) is 1.80. The average molecular weight is 235 g/mol. The van der Waals surface area contributed by atoms with Crippen molar-refractivity contribution >= 4 is 16.6 Å². The van der Waals surface area contributed by atoms with Crippen molar-refractivity contribution in [3.63, 3.8) is 0 Å². The van der Waals surface area contributed by atoms with Crippen molar-refractivity contribution < 1.29 is 13.3 Å². The van der Waals surface area contributed by atoms with Crippen molar-refractivity contribution in [3.8, 4) is 0 Å². The standard InChI is InChI=1S/C9H23O3Si2/c1-6-10-14(11-7-2,12-8-3)13(5)9-4/h13H,4,6-9H2,1-3,5H3. The maximum Gasteiger partial charge on any atom is 0.465 e. The molecule has 0 aromatic carbocycles. The Balaban J connectivity index is 4.53. The van der Waals surface area contributed by atoms with Crippen LogP contribution in [0.25, 0.3) is 0 Å². The van der Waals surface area contributed by atoms with Gasteiger partial charge in [0.2, 0.25) is 0 Å². The summed E-state index contributed by atoms with van der Waals surface area (Å²) in [5.74, 6) is 0. The van der Waals surface area contributed by atoms with E-state index in [1.54, 1.807) is 0 Å². The quantitative estimate of drug-likeness (QED) is 0.601. The summed E-state index contributed by atoms with van der Waals surface area (Å²) in [5, 5.41) is 0. The molecule has 5 heteroatoms. The molecule has 0 aliphatic heterocycles. The van der Waals surface area contributed by atoms with E-state index in [-0.39, 0.29) is 0 Å². The van der Waals surface area contributed by atoms with E-state index in [0.29, 0.717) is 19.8 Å². The molecule has 0 N–H and O–H groups in total.